The van der Waals surface area contributed by atoms with E-state index in [0.717, 1.165) is 27.4 Å². The number of rotatable bonds is 4. The van der Waals surface area contributed by atoms with Gasteiger partial charge < -0.3 is 5.11 Å². The van der Waals surface area contributed by atoms with Gasteiger partial charge in [0.05, 0.1) is 5.52 Å². The molecule has 1 aromatic carbocycles. The maximum absolute atomic E-state index is 10.5. The summed E-state index contributed by atoms with van der Waals surface area (Å²) in [4.78, 5) is 14.8. The molecule has 2 rings (SSSR count). The molecular formula is C13H12BrNO2. The van der Waals surface area contributed by atoms with Crippen molar-refractivity contribution in [1.82, 2.24) is 4.98 Å². The van der Waals surface area contributed by atoms with Crippen molar-refractivity contribution < 1.29 is 9.90 Å². The van der Waals surface area contributed by atoms with Crippen LogP contribution in [0, 0.1) is 0 Å². The van der Waals surface area contributed by atoms with Crippen LogP contribution in [0.15, 0.2) is 34.9 Å². The lowest BCUT2D eigenvalue weighted by Gasteiger charge is -2.06. The van der Waals surface area contributed by atoms with E-state index in [2.05, 4.69) is 20.9 Å². The van der Waals surface area contributed by atoms with Gasteiger partial charge in [0.2, 0.25) is 0 Å². The van der Waals surface area contributed by atoms with Gasteiger partial charge in [0.25, 0.3) is 0 Å². The number of carbonyl (C=O) groups is 1. The van der Waals surface area contributed by atoms with Gasteiger partial charge in [-0.25, -0.2) is 0 Å². The molecule has 0 amide bonds. The lowest BCUT2D eigenvalue weighted by atomic mass is 10.0. The number of nitrogens with zero attached hydrogens (tertiary/aromatic N) is 1. The zero-order chi connectivity index (χ0) is 12.3. The van der Waals surface area contributed by atoms with E-state index in [4.69, 9.17) is 5.11 Å². The minimum atomic E-state index is -0.751. The monoisotopic (exact) mass is 293 g/mol. The van der Waals surface area contributed by atoms with Crippen molar-refractivity contribution in [3.05, 3.63) is 40.5 Å². The molecule has 2 aromatic rings. The third-order valence-electron chi connectivity index (χ3n) is 2.64. The first-order valence-corrected chi connectivity index (χ1v) is 6.21. The van der Waals surface area contributed by atoms with Gasteiger partial charge >= 0.3 is 5.97 Å². The summed E-state index contributed by atoms with van der Waals surface area (Å²) in [5, 5.41) is 9.70. The lowest BCUT2D eigenvalue weighted by Crippen LogP contribution is -1.97. The summed E-state index contributed by atoms with van der Waals surface area (Å²) in [6.07, 6.45) is 3.34. The second kappa shape index (κ2) is 5.27. The first-order valence-electron chi connectivity index (χ1n) is 5.42. The molecule has 0 saturated carbocycles. The Kier molecular flexibility index (Phi) is 3.74. The number of benzene rings is 1. The molecule has 0 spiro atoms. The molecule has 0 atom stereocenters. The van der Waals surface area contributed by atoms with Crippen LogP contribution in [0.2, 0.25) is 0 Å². The van der Waals surface area contributed by atoms with Crippen LogP contribution in [0.5, 0.6) is 0 Å². The third-order valence-corrected chi connectivity index (χ3v) is 3.33. The molecule has 88 valence electrons. The molecule has 0 aliphatic carbocycles. The summed E-state index contributed by atoms with van der Waals surface area (Å²) in [6.45, 7) is 0. The van der Waals surface area contributed by atoms with Crippen molar-refractivity contribution in [2.75, 3.05) is 0 Å². The summed E-state index contributed by atoms with van der Waals surface area (Å²) in [5.74, 6) is -0.751. The number of fused-ring (bicyclic) bond motifs is 1. The van der Waals surface area contributed by atoms with Crippen molar-refractivity contribution in [2.45, 2.75) is 19.3 Å². The molecule has 3 nitrogen and oxygen atoms in total. The summed E-state index contributed by atoms with van der Waals surface area (Å²) in [5.41, 5.74) is 2.05. The second-order valence-corrected chi connectivity index (χ2v) is 4.71. The molecule has 0 aliphatic heterocycles. The van der Waals surface area contributed by atoms with Crippen LogP contribution in [0.3, 0.4) is 0 Å². The van der Waals surface area contributed by atoms with E-state index < -0.39 is 5.97 Å². The number of carboxylic acid groups (broad SMARTS) is 1. The van der Waals surface area contributed by atoms with Crippen molar-refractivity contribution in [2.24, 2.45) is 0 Å². The van der Waals surface area contributed by atoms with Crippen LogP contribution in [0.4, 0.5) is 0 Å². The second-order valence-electron chi connectivity index (χ2n) is 3.85. The van der Waals surface area contributed by atoms with Gasteiger partial charge in [0.1, 0.15) is 0 Å². The number of aliphatic carboxylic acids is 1. The van der Waals surface area contributed by atoms with Crippen molar-refractivity contribution >= 4 is 32.8 Å². The summed E-state index contributed by atoms with van der Waals surface area (Å²) < 4.78 is 1.02. The molecule has 0 aliphatic rings. The van der Waals surface area contributed by atoms with Crippen molar-refractivity contribution in [1.29, 1.82) is 0 Å². The summed E-state index contributed by atoms with van der Waals surface area (Å²) in [7, 11) is 0. The smallest absolute Gasteiger partial charge is 0.303 e. The zero-order valence-corrected chi connectivity index (χ0v) is 10.8. The summed E-state index contributed by atoms with van der Waals surface area (Å²) >= 11 is 3.49. The lowest BCUT2D eigenvalue weighted by molar-refractivity contribution is -0.137. The maximum atomic E-state index is 10.5. The molecule has 17 heavy (non-hydrogen) atoms. The molecule has 1 N–H and O–H groups in total. The van der Waals surface area contributed by atoms with Gasteiger partial charge in [-0.15, -0.1) is 0 Å². The molecule has 1 heterocycles. The Morgan fingerprint density at radius 1 is 1.35 bits per heavy atom. The predicted octanol–water partition coefficient (Wildman–Crippen LogP) is 3.40. The fourth-order valence-corrected chi connectivity index (χ4v) is 2.28. The van der Waals surface area contributed by atoms with Crippen molar-refractivity contribution in [3.63, 3.8) is 0 Å². The number of carboxylic acids is 1. The highest BCUT2D eigenvalue weighted by atomic mass is 79.9. The minimum Gasteiger partial charge on any atom is -0.481 e. The molecule has 0 saturated heterocycles. The van der Waals surface area contributed by atoms with E-state index in [-0.39, 0.29) is 6.42 Å². The third kappa shape index (κ3) is 2.82. The Labute approximate surface area is 108 Å². The summed E-state index contributed by atoms with van der Waals surface area (Å²) in [6, 6.07) is 7.89. The van der Waals surface area contributed by atoms with E-state index in [0.29, 0.717) is 6.42 Å². The average Bonchev–Trinajstić information content (AvgIpc) is 2.32. The quantitative estimate of drug-likeness (QED) is 0.940. The van der Waals surface area contributed by atoms with Crippen LogP contribution >= 0.6 is 15.9 Å². The van der Waals surface area contributed by atoms with Gasteiger partial charge in [-0.1, -0.05) is 28.1 Å². The number of aromatic nitrogens is 1. The molecule has 1 aromatic heterocycles. The highest BCUT2D eigenvalue weighted by molar-refractivity contribution is 9.10. The number of hydrogen-bond acceptors (Lipinski definition) is 2. The number of aryl methyl sites for hydroxylation is 1. The number of hydrogen-bond donors (Lipinski definition) is 1. The van der Waals surface area contributed by atoms with E-state index in [1.807, 2.05) is 24.3 Å². The minimum absolute atomic E-state index is 0.199. The fourth-order valence-electron chi connectivity index (χ4n) is 1.83. The average molecular weight is 294 g/mol. The standard InChI is InChI=1S/C13H12BrNO2/c14-11-7-6-9(3-1-5-12(16)17)13-10(11)4-2-8-15-13/h2,4,6-8H,1,3,5H2,(H,16,17). The predicted molar refractivity (Wildman–Crippen MR) is 70.0 cm³/mol. The van der Waals surface area contributed by atoms with E-state index in [1.54, 1.807) is 6.20 Å². The Morgan fingerprint density at radius 3 is 2.94 bits per heavy atom. The largest absolute Gasteiger partial charge is 0.481 e. The van der Waals surface area contributed by atoms with Crippen LogP contribution in [-0.4, -0.2) is 16.1 Å². The van der Waals surface area contributed by atoms with Crippen LogP contribution in [0.1, 0.15) is 18.4 Å². The Bertz CT molecular complexity index is 554. The van der Waals surface area contributed by atoms with E-state index >= 15 is 0 Å². The highest BCUT2D eigenvalue weighted by Gasteiger charge is 2.06. The van der Waals surface area contributed by atoms with Crippen LogP contribution < -0.4 is 0 Å². The number of pyridine rings is 1. The van der Waals surface area contributed by atoms with Gasteiger partial charge in [0.15, 0.2) is 0 Å². The van der Waals surface area contributed by atoms with Crippen LogP contribution in [-0.2, 0) is 11.2 Å². The molecule has 0 unspecified atom stereocenters. The van der Waals surface area contributed by atoms with Crippen LogP contribution in [0.25, 0.3) is 10.9 Å². The first-order chi connectivity index (χ1) is 8.18. The topological polar surface area (TPSA) is 50.2 Å². The Balaban J connectivity index is 2.28. The van der Waals surface area contributed by atoms with Gasteiger partial charge in [-0.2, -0.15) is 0 Å². The molecule has 4 heteroatoms. The zero-order valence-electron chi connectivity index (χ0n) is 9.19. The molecule has 0 fully saturated rings. The molecular weight excluding hydrogens is 282 g/mol. The SMILES string of the molecule is O=C(O)CCCc1ccc(Br)c2cccnc12. The molecule has 0 radical (unpaired) electrons. The fraction of sp³-hybridized carbons (Fsp3) is 0.231. The Morgan fingerprint density at radius 2 is 2.18 bits per heavy atom. The highest BCUT2D eigenvalue weighted by Crippen LogP contribution is 2.26. The van der Waals surface area contributed by atoms with E-state index in [1.165, 1.54) is 0 Å². The Hall–Kier alpha value is -1.42. The van der Waals surface area contributed by atoms with E-state index in [9.17, 15) is 4.79 Å². The van der Waals surface area contributed by atoms with Gasteiger partial charge in [-0.3, -0.25) is 9.78 Å². The maximum Gasteiger partial charge on any atom is 0.303 e. The first kappa shape index (κ1) is 12.0. The normalized spacial score (nSPS) is 10.6. The van der Waals surface area contributed by atoms with Crippen molar-refractivity contribution in [3.8, 4) is 0 Å². The van der Waals surface area contributed by atoms with Gasteiger partial charge in [0, 0.05) is 22.5 Å². The number of halogens is 1. The van der Waals surface area contributed by atoms with Gasteiger partial charge in [-0.05, 0) is 30.5 Å². The molecule has 0 bridgehead atoms.